The predicted octanol–water partition coefficient (Wildman–Crippen LogP) is 4.74. The van der Waals surface area contributed by atoms with Crippen LogP contribution in [0.2, 0.25) is 10.0 Å². The molecule has 0 aliphatic heterocycles. The summed E-state index contributed by atoms with van der Waals surface area (Å²) in [4.78, 5) is 12.1. The molecule has 28 heavy (non-hydrogen) atoms. The van der Waals surface area contributed by atoms with Crippen LogP contribution in [0.25, 0.3) is 0 Å². The summed E-state index contributed by atoms with van der Waals surface area (Å²) < 4.78 is 7.54. The average Bonchev–Trinajstić information content (AvgIpc) is 3.02. The van der Waals surface area contributed by atoms with Crippen LogP contribution in [0.3, 0.4) is 0 Å². The summed E-state index contributed by atoms with van der Waals surface area (Å²) in [5, 5.41) is 12.5. The number of aromatic nitrogens is 3. The number of thioether (sulfide) groups is 1. The van der Waals surface area contributed by atoms with Gasteiger partial charge in [-0.05, 0) is 37.3 Å². The third-order valence-corrected chi connectivity index (χ3v) is 5.61. The fraction of sp³-hybridized carbons (Fsp3) is 0.211. The molecule has 1 heterocycles. The third kappa shape index (κ3) is 5.41. The summed E-state index contributed by atoms with van der Waals surface area (Å²) in [6.45, 7) is 2.32. The molecule has 1 N–H and O–H groups in total. The van der Waals surface area contributed by atoms with Gasteiger partial charge in [0.1, 0.15) is 12.4 Å². The van der Waals surface area contributed by atoms with Gasteiger partial charge in [-0.1, -0.05) is 52.7 Å². The van der Waals surface area contributed by atoms with Gasteiger partial charge in [-0.15, -0.1) is 10.2 Å². The number of nitrogens with zero attached hydrogens (tertiary/aromatic N) is 3. The number of aryl methyl sites for hydroxylation is 1. The fourth-order valence-electron chi connectivity index (χ4n) is 2.28. The molecule has 6 nitrogen and oxygen atoms in total. The van der Waals surface area contributed by atoms with Crippen LogP contribution in [0.15, 0.2) is 47.6 Å². The van der Waals surface area contributed by atoms with Crippen molar-refractivity contribution in [1.29, 1.82) is 0 Å². The molecule has 0 saturated carbocycles. The number of nitrogens with one attached hydrogen (secondary N) is 1. The lowest BCUT2D eigenvalue weighted by Gasteiger charge is -2.07. The zero-order chi connectivity index (χ0) is 20.1. The van der Waals surface area contributed by atoms with Gasteiger partial charge in [-0.2, -0.15) is 0 Å². The van der Waals surface area contributed by atoms with Crippen molar-refractivity contribution in [3.63, 3.8) is 0 Å². The number of hydrogen-bond acceptors (Lipinski definition) is 5. The Hall–Kier alpha value is -2.22. The minimum atomic E-state index is -0.177. The number of carbonyl (C=O) groups excluding carboxylic acids is 1. The van der Waals surface area contributed by atoms with Crippen molar-refractivity contribution in [2.24, 2.45) is 7.05 Å². The number of halogens is 2. The topological polar surface area (TPSA) is 69.0 Å². The maximum Gasteiger partial charge on any atom is 0.234 e. The lowest BCUT2D eigenvalue weighted by Crippen LogP contribution is -2.14. The van der Waals surface area contributed by atoms with Gasteiger partial charge in [-0.25, -0.2) is 0 Å². The normalized spacial score (nSPS) is 10.7. The first-order chi connectivity index (χ1) is 13.4. The van der Waals surface area contributed by atoms with Crippen LogP contribution in [0.5, 0.6) is 5.75 Å². The van der Waals surface area contributed by atoms with E-state index in [4.69, 9.17) is 27.9 Å². The van der Waals surface area contributed by atoms with Crippen molar-refractivity contribution in [2.45, 2.75) is 18.7 Å². The lowest BCUT2D eigenvalue weighted by molar-refractivity contribution is -0.113. The second-order valence-electron chi connectivity index (χ2n) is 6.03. The Balaban J connectivity index is 1.52. The molecule has 0 saturated heterocycles. The minimum Gasteiger partial charge on any atom is -0.486 e. The molecule has 1 amide bonds. The summed E-state index contributed by atoms with van der Waals surface area (Å²) in [5.41, 5.74) is 1.76. The third-order valence-electron chi connectivity index (χ3n) is 3.85. The Labute approximate surface area is 177 Å². The summed E-state index contributed by atoms with van der Waals surface area (Å²) in [6.07, 6.45) is 0. The highest BCUT2D eigenvalue weighted by Gasteiger charge is 2.12. The lowest BCUT2D eigenvalue weighted by atomic mass is 10.2. The summed E-state index contributed by atoms with van der Waals surface area (Å²) >= 11 is 13.1. The van der Waals surface area contributed by atoms with Gasteiger partial charge in [0.15, 0.2) is 11.0 Å². The van der Waals surface area contributed by atoms with Crippen LogP contribution >= 0.6 is 35.0 Å². The van der Waals surface area contributed by atoms with Crippen molar-refractivity contribution in [3.8, 4) is 5.75 Å². The van der Waals surface area contributed by atoms with E-state index >= 15 is 0 Å². The van der Waals surface area contributed by atoms with E-state index in [0.29, 0.717) is 33.3 Å². The van der Waals surface area contributed by atoms with Crippen molar-refractivity contribution in [1.82, 2.24) is 14.8 Å². The molecule has 0 radical (unpaired) electrons. The Morgan fingerprint density at radius 2 is 1.89 bits per heavy atom. The molecule has 2 aromatic carbocycles. The van der Waals surface area contributed by atoms with Crippen LogP contribution in [-0.2, 0) is 18.4 Å². The van der Waals surface area contributed by atoms with E-state index in [1.807, 2.05) is 42.8 Å². The standard InChI is InChI=1S/C19H18Cl2N4O2S/c1-12-3-6-14(7-4-12)27-10-17-23-24-19(25(17)2)28-11-18(26)22-13-5-8-15(20)16(21)9-13/h3-9H,10-11H2,1-2H3,(H,22,26). The monoisotopic (exact) mass is 436 g/mol. The molecule has 9 heteroatoms. The average molecular weight is 437 g/mol. The summed E-state index contributed by atoms with van der Waals surface area (Å²) in [7, 11) is 1.84. The SMILES string of the molecule is Cc1ccc(OCc2nnc(SCC(=O)Nc3ccc(Cl)c(Cl)c3)n2C)cc1. The highest BCUT2D eigenvalue weighted by molar-refractivity contribution is 7.99. The van der Waals surface area contributed by atoms with Crippen molar-refractivity contribution >= 4 is 46.6 Å². The molecular formula is C19H18Cl2N4O2S. The zero-order valence-corrected chi connectivity index (χ0v) is 17.6. The smallest absolute Gasteiger partial charge is 0.234 e. The van der Waals surface area contributed by atoms with Gasteiger partial charge in [0.2, 0.25) is 5.91 Å². The quantitative estimate of drug-likeness (QED) is 0.541. The van der Waals surface area contributed by atoms with E-state index < -0.39 is 0 Å². The number of rotatable bonds is 7. The Morgan fingerprint density at radius 3 is 2.61 bits per heavy atom. The first-order valence-electron chi connectivity index (χ1n) is 8.38. The molecule has 0 unspecified atom stereocenters. The van der Waals surface area contributed by atoms with Gasteiger partial charge in [0, 0.05) is 12.7 Å². The van der Waals surface area contributed by atoms with Gasteiger partial charge < -0.3 is 14.6 Å². The number of amides is 1. The first kappa shape index (κ1) is 20.5. The molecule has 3 rings (SSSR count). The molecule has 0 spiro atoms. The van der Waals surface area contributed by atoms with Gasteiger partial charge in [-0.3, -0.25) is 4.79 Å². The number of carbonyl (C=O) groups is 1. The van der Waals surface area contributed by atoms with E-state index in [1.54, 1.807) is 18.2 Å². The molecule has 146 valence electrons. The van der Waals surface area contributed by atoms with Crippen molar-refractivity contribution in [3.05, 3.63) is 63.9 Å². The molecule has 0 aliphatic rings. The van der Waals surface area contributed by atoms with Gasteiger partial charge >= 0.3 is 0 Å². The van der Waals surface area contributed by atoms with Crippen LogP contribution in [0.1, 0.15) is 11.4 Å². The number of anilines is 1. The molecule has 0 aliphatic carbocycles. The number of ether oxygens (including phenoxy) is 1. The summed E-state index contributed by atoms with van der Waals surface area (Å²) in [6, 6.07) is 12.7. The van der Waals surface area contributed by atoms with Crippen LogP contribution in [0, 0.1) is 6.92 Å². The molecular weight excluding hydrogens is 419 g/mol. The van der Waals surface area contributed by atoms with E-state index in [-0.39, 0.29) is 11.7 Å². The first-order valence-corrected chi connectivity index (χ1v) is 10.1. The highest BCUT2D eigenvalue weighted by Crippen LogP contribution is 2.25. The second kappa shape index (κ2) is 9.32. The van der Waals surface area contributed by atoms with Crippen LogP contribution in [-0.4, -0.2) is 26.4 Å². The van der Waals surface area contributed by atoms with Crippen LogP contribution in [0.4, 0.5) is 5.69 Å². The summed E-state index contributed by atoms with van der Waals surface area (Å²) in [5.74, 6) is 1.45. The molecule has 0 fully saturated rings. The van der Waals surface area contributed by atoms with Gasteiger partial charge in [0.25, 0.3) is 0 Å². The maximum atomic E-state index is 12.1. The zero-order valence-electron chi connectivity index (χ0n) is 15.3. The Kier molecular flexibility index (Phi) is 6.83. The van der Waals surface area contributed by atoms with E-state index in [2.05, 4.69) is 15.5 Å². The van der Waals surface area contributed by atoms with Crippen molar-refractivity contribution < 1.29 is 9.53 Å². The fourth-order valence-corrected chi connectivity index (χ4v) is 3.31. The Morgan fingerprint density at radius 1 is 1.14 bits per heavy atom. The number of hydrogen-bond donors (Lipinski definition) is 1. The largest absolute Gasteiger partial charge is 0.486 e. The van der Waals surface area contributed by atoms with Crippen molar-refractivity contribution in [2.75, 3.05) is 11.1 Å². The Bertz CT molecular complexity index is 977. The predicted molar refractivity (Wildman–Crippen MR) is 112 cm³/mol. The van der Waals surface area contributed by atoms with Crippen LogP contribution < -0.4 is 10.1 Å². The highest BCUT2D eigenvalue weighted by atomic mass is 35.5. The minimum absolute atomic E-state index is 0.177. The van der Waals surface area contributed by atoms with E-state index in [9.17, 15) is 4.79 Å². The second-order valence-corrected chi connectivity index (χ2v) is 7.78. The molecule has 3 aromatic rings. The maximum absolute atomic E-state index is 12.1. The number of benzene rings is 2. The van der Waals surface area contributed by atoms with Gasteiger partial charge in [0.05, 0.1) is 15.8 Å². The molecule has 0 atom stereocenters. The van der Waals surface area contributed by atoms with E-state index in [0.717, 1.165) is 5.75 Å². The molecule has 0 bridgehead atoms. The molecule has 1 aromatic heterocycles. The van der Waals surface area contributed by atoms with E-state index in [1.165, 1.54) is 17.3 Å².